The van der Waals surface area contributed by atoms with Crippen molar-refractivity contribution in [3.05, 3.63) is 54.4 Å². The molecule has 2 aromatic heterocycles. The van der Waals surface area contributed by atoms with E-state index in [0.717, 1.165) is 67.3 Å². The Morgan fingerprint density at radius 2 is 1.75 bits per heavy atom. The third-order valence-electron chi connectivity index (χ3n) is 7.21. The number of methoxy groups -OCH3 is 1. The van der Waals surface area contributed by atoms with Crippen molar-refractivity contribution in [1.82, 2.24) is 19.9 Å². The van der Waals surface area contributed by atoms with Crippen LogP contribution in [-0.4, -0.2) is 57.8 Å². The molecule has 8 heteroatoms. The Bertz CT molecular complexity index is 1110. The Hall–Kier alpha value is -3.23. The van der Waals surface area contributed by atoms with Crippen molar-refractivity contribution in [3.8, 4) is 17.0 Å². The van der Waals surface area contributed by atoms with Gasteiger partial charge in [0.2, 0.25) is 5.95 Å². The van der Waals surface area contributed by atoms with Gasteiger partial charge in [0.05, 0.1) is 24.5 Å². The lowest BCUT2D eigenvalue weighted by Crippen LogP contribution is -2.24. The zero-order valence-corrected chi connectivity index (χ0v) is 21.0. The summed E-state index contributed by atoms with van der Waals surface area (Å²) in [5, 5.41) is 16.7. The van der Waals surface area contributed by atoms with E-state index in [9.17, 15) is 5.11 Å². The van der Waals surface area contributed by atoms with Crippen LogP contribution >= 0.6 is 0 Å². The first-order valence-electron chi connectivity index (χ1n) is 13.0. The molecule has 0 atom stereocenters. The van der Waals surface area contributed by atoms with Crippen LogP contribution in [0.25, 0.3) is 11.3 Å². The summed E-state index contributed by atoms with van der Waals surface area (Å²) in [6, 6.07) is 11.9. The van der Waals surface area contributed by atoms with Crippen molar-refractivity contribution < 1.29 is 9.84 Å². The monoisotopic (exact) mass is 488 g/mol. The maximum Gasteiger partial charge on any atom is 0.229 e. The smallest absolute Gasteiger partial charge is 0.229 e. The Morgan fingerprint density at radius 3 is 2.44 bits per heavy atom. The number of pyridine rings is 1. The number of nitrogens with zero attached hydrogens (tertiary/aromatic N) is 4. The number of ether oxygens (including phenoxy) is 1. The maximum atomic E-state index is 9.86. The summed E-state index contributed by atoms with van der Waals surface area (Å²) in [7, 11) is 1.65. The first kappa shape index (κ1) is 24.5. The van der Waals surface area contributed by atoms with E-state index >= 15 is 0 Å². The number of benzene rings is 1. The molecule has 0 unspecified atom stereocenters. The van der Waals surface area contributed by atoms with Crippen LogP contribution in [0.1, 0.15) is 44.1 Å². The fourth-order valence-corrected chi connectivity index (χ4v) is 5.03. The van der Waals surface area contributed by atoms with Crippen molar-refractivity contribution >= 4 is 17.5 Å². The Kier molecular flexibility index (Phi) is 7.93. The van der Waals surface area contributed by atoms with Crippen LogP contribution in [-0.2, 0) is 6.54 Å². The molecule has 3 aromatic rings. The van der Waals surface area contributed by atoms with Crippen LogP contribution in [0.5, 0.6) is 5.75 Å². The van der Waals surface area contributed by atoms with Gasteiger partial charge in [-0.15, -0.1) is 0 Å². The molecule has 0 spiro atoms. The SMILES string of the molecule is COc1ccc(Nc2ncc(-c3ccc(CN4CCCC4)cn3)c(NCC3CCC(O)CC3)n2)cc1. The van der Waals surface area contributed by atoms with E-state index in [1.807, 2.05) is 36.7 Å². The summed E-state index contributed by atoms with van der Waals surface area (Å²) >= 11 is 0. The van der Waals surface area contributed by atoms with Crippen molar-refractivity contribution in [2.45, 2.75) is 51.2 Å². The summed E-state index contributed by atoms with van der Waals surface area (Å²) in [6.07, 6.45) is 10.0. The minimum Gasteiger partial charge on any atom is -0.497 e. The van der Waals surface area contributed by atoms with Gasteiger partial charge in [0.25, 0.3) is 0 Å². The van der Waals surface area contributed by atoms with Crippen molar-refractivity contribution in [3.63, 3.8) is 0 Å². The first-order valence-corrected chi connectivity index (χ1v) is 13.0. The van der Waals surface area contributed by atoms with Gasteiger partial charge in [-0.25, -0.2) is 4.98 Å². The lowest BCUT2D eigenvalue weighted by molar-refractivity contribution is 0.111. The summed E-state index contributed by atoms with van der Waals surface area (Å²) in [5.74, 6) is 2.61. The van der Waals surface area contributed by atoms with Crippen molar-refractivity contribution in [1.29, 1.82) is 0 Å². The highest BCUT2D eigenvalue weighted by molar-refractivity contribution is 5.73. The van der Waals surface area contributed by atoms with Crippen molar-refractivity contribution in [2.24, 2.45) is 5.92 Å². The molecule has 2 fully saturated rings. The molecule has 5 rings (SSSR count). The molecule has 0 bridgehead atoms. The number of likely N-dealkylation sites (tertiary alicyclic amines) is 1. The molecule has 36 heavy (non-hydrogen) atoms. The molecule has 2 aliphatic rings. The molecule has 1 aliphatic heterocycles. The minimum atomic E-state index is -0.153. The Labute approximate surface area is 213 Å². The fourth-order valence-electron chi connectivity index (χ4n) is 5.03. The molecule has 3 heterocycles. The summed E-state index contributed by atoms with van der Waals surface area (Å²) in [4.78, 5) is 16.7. The summed E-state index contributed by atoms with van der Waals surface area (Å²) in [6.45, 7) is 4.11. The number of aliphatic hydroxyl groups is 1. The number of anilines is 3. The van der Waals surface area contributed by atoms with Gasteiger partial charge in [-0.1, -0.05) is 6.07 Å². The molecule has 3 N–H and O–H groups in total. The quantitative estimate of drug-likeness (QED) is 0.393. The average molecular weight is 489 g/mol. The summed E-state index contributed by atoms with van der Waals surface area (Å²) in [5.41, 5.74) is 3.87. The molecule has 1 aliphatic carbocycles. The van der Waals surface area contributed by atoms with E-state index in [1.165, 1.54) is 31.5 Å². The number of hydrogen-bond acceptors (Lipinski definition) is 8. The molecule has 1 aromatic carbocycles. The number of nitrogens with one attached hydrogen (secondary N) is 2. The van der Waals surface area contributed by atoms with Gasteiger partial charge < -0.3 is 20.5 Å². The predicted octanol–water partition coefficient (Wildman–Crippen LogP) is 4.85. The van der Waals surface area contributed by atoms with Crippen LogP contribution in [0.15, 0.2) is 48.8 Å². The zero-order chi connectivity index (χ0) is 24.7. The highest BCUT2D eigenvalue weighted by atomic mass is 16.5. The molecule has 1 saturated carbocycles. The summed E-state index contributed by atoms with van der Waals surface area (Å²) < 4.78 is 5.25. The number of hydrogen-bond donors (Lipinski definition) is 3. The molecule has 1 saturated heterocycles. The topological polar surface area (TPSA) is 95.4 Å². The molecule has 0 radical (unpaired) electrons. The van der Waals surface area contributed by atoms with Gasteiger partial charge in [-0.05, 0) is 93.4 Å². The maximum absolute atomic E-state index is 9.86. The first-order chi connectivity index (χ1) is 17.7. The van der Waals surface area contributed by atoms with Gasteiger partial charge in [0.1, 0.15) is 11.6 Å². The van der Waals surface area contributed by atoms with Crippen LogP contribution in [0, 0.1) is 5.92 Å². The van der Waals surface area contributed by atoms with Gasteiger partial charge >= 0.3 is 0 Å². The normalized spacial score (nSPS) is 20.3. The number of aliphatic hydroxyl groups excluding tert-OH is 1. The fraction of sp³-hybridized carbons (Fsp3) is 0.464. The van der Waals surface area contributed by atoms with E-state index in [-0.39, 0.29) is 6.10 Å². The second-order valence-corrected chi connectivity index (χ2v) is 9.90. The van der Waals surface area contributed by atoms with Crippen molar-refractivity contribution in [2.75, 3.05) is 37.4 Å². The second-order valence-electron chi connectivity index (χ2n) is 9.90. The number of aromatic nitrogens is 3. The third-order valence-corrected chi connectivity index (χ3v) is 7.21. The largest absolute Gasteiger partial charge is 0.497 e. The minimum absolute atomic E-state index is 0.153. The van der Waals surface area contributed by atoms with E-state index in [4.69, 9.17) is 14.7 Å². The van der Waals surface area contributed by atoms with E-state index in [2.05, 4.69) is 32.7 Å². The second kappa shape index (κ2) is 11.7. The highest BCUT2D eigenvalue weighted by Gasteiger charge is 2.20. The van der Waals surface area contributed by atoms with Crippen LogP contribution in [0.2, 0.25) is 0 Å². The van der Waals surface area contributed by atoms with E-state index in [0.29, 0.717) is 11.9 Å². The Balaban J connectivity index is 1.34. The van der Waals surface area contributed by atoms with Gasteiger partial charge in [0.15, 0.2) is 0 Å². The van der Waals surface area contributed by atoms with E-state index < -0.39 is 0 Å². The highest BCUT2D eigenvalue weighted by Crippen LogP contribution is 2.29. The van der Waals surface area contributed by atoms with Crippen LogP contribution < -0.4 is 15.4 Å². The van der Waals surface area contributed by atoms with Gasteiger partial charge in [-0.2, -0.15) is 4.98 Å². The molecular weight excluding hydrogens is 452 g/mol. The van der Waals surface area contributed by atoms with Gasteiger partial charge in [-0.3, -0.25) is 9.88 Å². The number of rotatable bonds is 9. The standard InChI is InChI=1S/C28H36N6O2/c1-36-24-11-7-22(8-12-24)32-28-31-18-25(27(33-28)30-16-20-4-9-23(35)10-5-20)26-13-6-21(17-29-26)19-34-14-2-3-15-34/h6-8,11-13,17-18,20,23,35H,2-5,9-10,14-16,19H2,1H3,(H2,30,31,32,33). The molecule has 190 valence electrons. The zero-order valence-electron chi connectivity index (χ0n) is 21.0. The third kappa shape index (κ3) is 6.30. The lowest BCUT2D eigenvalue weighted by atomic mass is 9.87. The molecule has 0 amide bonds. The van der Waals surface area contributed by atoms with Crippen LogP contribution in [0.4, 0.5) is 17.5 Å². The lowest BCUT2D eigenvalue weighted by Gasteiger charge is -2.26. The predicted molar refractivity (Wildman–Crippen MR) is 143 cm³/mol. The molecular formula is C28H36N6O2. The average Bonchev–Trinajstić information content (AvgIpc) is 3.43. The molecule has 8 nitrogen and oxygen atoms in total. The van der Waals surface area contributed by atoms with E-state index in [1.54, 1.807) is 7.11 Å². The van der Waals surface area contributed by atoms with Gasteiger partial charge in [0, 0.05) is 31.2 Å². The van der Waals surface area contributed by atoms with Crippen LogP contribution in [0.3, 0.4) is 0 Å². The Morgan fingerprint density at radius 1 is 0.972 bits per heavy atom.